The summed E-state index contributed by atoms with van der Waals surface area (Å²) in [6, 6.07) is 15.1. The lowest BCUT2D eigenvalue weighted by molar-refractivity contribution is -0.111. The molecule has 25 heavy (non-hydrogen) atoms. The molecule has 0 saturated carbocycles. The number of benzene rings is 2. The number of para-hydroxylation sites is 1. The van der Waals surface area contributed by atoms with Gasteiger partial charge in [0.1, 0.15) is 0 Å². The maximum Gasteiger partial charge on any atom is 0.255 e. The van der Waals surface area contributed by atoms with Crippen molar-refractivity contribution in [2.24, 2.45) is 0 Å². The Hall–Kier alpha value is -2.88. The van der Waals surface area contributed by atoms with Gasteiger partial charge in [-0.1, -0.05) is 42.0 Å². The lowest BCUT2D eigenvalue weighted by atomic mass is 10.1. The van der Waals surface area contributed by atoms with Gasteiger partial charge < -0.3 is 10.2 Å². The summed E-state index contributed by atoms with van der Waals surface area (Å²) in [5, 5.41) is 2.82. The molecule has 0 unspecified atom stereocenters. The first-order chi connectivity index (χ1) is 12.1. The van der Waals surface area contributed by atoms with E-state index in [1.54, 1.807) is 18.2 Å². The largest absolute Gasteiger partial charge is 0.339 e. The van der Waals surface area contributed by atoms with E-state index >= 15 is 0 Å². The maximum absolute atomic E-state index is 12.6. The van der Waals surface area contributed by atoms with Crippen molar-refractivity contribution in [1.82, 2.24) is 4.90 Å². The summed E-state index contributed by atoms with van der Waals surface area (Å²) in [4.78, 5) is 26.7. The highest BCUT2D eigenvalue weighted by molar-refractivity contribution is 6.07. The molecule has 1 aliphatic heterocycles. The van der Waals surface area contributed by atoms with Gasteiger partial charge in [0, 0.05) is 19.2 Å². The molecule has 2 aromatic rings. The second kappa shape index (κ2) is 7.79. The molecule has 2 amide bonds. The number of amides is 2. The first kappa shape index (κ1) is 17.0. The van der Waals surface area contributed by atoms with Gasteiger partial charge in [-0.05, 0) is 43.5 Å². The summed E-state index contributed by atoms with van der Waals surface area (Å²) >= 11 is 0. The predicted molar refractivity (Wildman–Crippen MR) is 100 cm³/mol. The van der Waals surface area contributed by atoms with Gasteiger partial charge in [-0.25, -0.2) is 0 Å². The monoisotopic (exact) mass is 334 g/mol. The van der Waals surface area contributed by atoms with Crippen LogP contribution in [0.1, 0.15) is 34.3 Å². The van der Waals surface area contributed by atoms with Gasteiger partial charge >= 0.3 is 0 Å². The topological polar surface area (TPSA) is 49.4 Å². The van der Waals surface area contributed by atoms with Crippen LogP contribution in [0.3, 0.4) is 0 Å². The molecule has 0 aromatic heterocycles. The van der Waals surface area contributed by atoms with E-state index in [2.05, 4.69) is 5.32 Å². The zero-order chi connectivity index (χ0) is 17.6. The second-order valence-corrected chi connectivity index (χ2v) is 6.28. The number of rotatable bonds is 4. The van der Waals surface area contributed by atoms with E-state index in [4.69, 9.17) is 0 Å². The first-order valence-electron chi connectivity index (χ1n) is 8.57. The molecule has 1 saturated heterocycles. The maximum atomic E-state index is 12.6. The van der Waals surface area contributed by atoms with Crippen molar-refractivity contribution in [1.29, 1.82) is 0 Å². The standard InChI is InChI=1S/C21H22N2O2/c1-16-8-10-17(11-9-16)12-13-20(24)22-19-7-3-2-6-18(19)21(25)23-14-4-5-15-23/h2-3,6-13H,4-5,14-15H2,1H3,(H,22,24). The Balaban J connectivity index is 1.70. The molecular weight excluding hydrogens is 312 g/mol. The molecule has 4 heteroatoms. The van der Waals surface area contributed by atoms with Gasteiger partial charge in [-0.15, -0.1) is 0 Å². The van der Waals surface area contributed by atoms with Gasteiger partial charge in [0.25, 0.3) is 5.91 Å². The molecule has 0 spiro atoms. The number of nitrogens with zero attached hydrogens (tertiary/aromatic N) is 1. The summed E-state index contributed by atoms with van der Waals surface area (Å²) in [7, 11) is 0. The number of carbonyl (C=O) groups is 2. The van der Waals surface area contributed by atoms with Crippen LogP contribution in [0.4, 0.5) is 5.69 Å². The fraction of sp³-hybridized carbons (Fsp3) is 0.238. The Morgan fingerprint density at radius 3 is 2.40 bits per heavy atom. The Morgan fingerprint density at radius 1 is 1.00 bits per heavy atom. The van der Waals surface area contributed by atoms with Crippen LogP contribution in [-0.4, -0.2) is 29.8 Å². The number of hydrogen-bond donors (Lipinski definition) is 1. The molecule has 0 bridgehead atoms. The number of hydrogen-bond acceptors (Lipinski definition) is 2. The number of aryl methyl sites for hydroxylation is 1. The highest BCUT2D eigenvalue weighted by Crippen LogP contribution is 2.20. The SMILES string of the molecule is Cc1ccc(C=CC(=O)Nc2ccccc2C(=O)N2CCCC2)cc1. The molecule has 2 aromatic carbocycles. The minimum Gasteiger partial charge on any atom is -0.339 e. The van der Waals surface area contributed by atoms with Crippen molar-refractivity contribution in [2.75, 3.05) is 18.4 Å². The molecular formula is C21H22N2O2. The third-order valence-corrected chi connectivity index (χ3v) is 4.31. The number of carbonyl (C=O) groups excluding carboxylic acids is 2. The minimum absolute atomic E-state index is 0.0177. The normalized spacial score (nSPS) is 14.0. The average molecular weight is 334 g/mol. The molecule has 1 aliphatic rings. The highest BCUT2D eigenvalue weighted by atomic mass is 16.2. The number of likely N-dealkylation sites (tertiary alicyclic amines) is 1. The van der Waals surface area contributed by atoms with Gasteiger partial charge in [0.2, 0.25) is 5.91 Å². The van der Waals surface area contributed by atoms with Crippen LogP contribution in [0.15, 0.2) is 54.6 Å². The molecule has 0 aliphatic carbocycles. The summed E-state index contributed by atoms with van der Waals surface area (Å²) in [6.45, 7) is 3.59. The van der Waals surface area contributed by atoms with Gasteiger partial charge in [0.15, 0.2) is 0 Å². The van der Waals surface area contributed by atoms with Crippen LogP contribution in [-0.2, 0) is 4.79 Å². The van der Waals surface area contributed by atoms with E-state index in [0.29, 0.717) is 11.3 Å². The van der Waals surface area contributed by atoms with Gasteiger partial charge in [-0.3, -0.25) is 9.59 Å². The Bertz CT molecular complexity index is 788. The molecule has 1 fully saturated rings. The van der Waals surface area contributed by atoms with E-state index in [0.717, 1.165) is 31.5 Å². The Labute approximate surface area is 148 Å². The van der Waals surface area contributed by atoms with Crippen LogP contribution in [0.2, 0.25) is 0 Å². The molecule has 3 rings (SSSR count). The van der Waals surface area contributed by atoms with E-state index in [1.807, 2.05) is 48.2 Å². The summed E-state index contributed by atoms with van der Waals surface area (Å²) in [5.74, 6) is -0.266. The third kappa shape index (κ3) is 4.35. The van der Waals surface area contributed by atoms with Crippen LogP contribution < -0.4 is 5.32 Å². The smallest absolute Gasteiger partial charge is 0.255 e. The number of anilines is 1. The predicted octanol–water partition coefficient (Wildman–Crippen LogP) is 3.88. The van der Waals surface area contributed by atoms with Crippen LogP contribution in [0.25, 0.3) is 6.08 Å². The Kier molecular flexibility index (Phi) is 5.29. The summed E-state index contributed by atoms with van der Waals surface area (Å²) in [6.07, 6.45) is 5.33. The van der Waals surface area contributed by atoms with E-state index < -0.39 is 0 Å². The highest BCUT2D eigenvalue weighted by Gasteiger charge is 2.21. The van der Waals surface area contributed by atoms with Gasteiger partial charge in [-0.2, -0.15) is 0 Å². The zero-order valence-electron chi connectivity index (χ0n) is 14.4. The zero-order valence-corrected chi connectivity index (χ0v) is 14.4. The van der Waals surface area contributed by atoms with Crippen molar-refractivity contribution in [2.45, 2.75) is 19.8 Å². The molecule has 1 heterocycles. The number of nitrogens with one attached hydrogen (secondary N) is 1. The van der Waals surface area contributed by atoms with Crippen molar-refractivity contribution < 1.29 is 9.59 Å². The molecule has 4 nitrogen and oxygen atoms in total. The second-order valence-electron chi connectivity index (χ2n) is 6.28. The van der Waals surface area contributed by atoms with Crippen LogP contribution in [0, 0.1) is 6.92 Å². The quantitative estimate of drug-likeness (QED) is 0.863. The first-order valence-corrected chi connectivity index (χ1v) is 8.57. The van der Waals surface area contributed by atoms with Gasteiger partial charge in [0.05, 0.1) is 11.3 Å². The third-order valence-electron chi connectivity index (χ3n) is 4.31. The Morgan fingerprint density at radius 2 is 1.68 bits per heavy atom. The van der Waals surface area contributed by atoms with Crippen molar-refractivity contribution in [3.63, 3.8) is 0 Å². The molecule has 0 atom stereocenters. The van der Waals surface area contributed by atoms with Crippen molar-refractivity contribution in [3.8, 4) is 0 Å². The van der Waals surface area contributed by atoms with E-state index in [9.17, 15) is 9.59 Å². The molecule has 0 radical (unpaired) electrons. The average Bonchev–Trinajstić information content (AvgIpc) is 3.16. The summed E-state index contributed by atoms with van der Waals surface area (Å²) in [5.41, 5.74) is 3.23. The van der Waals surface area contributed by atoms with Crippen molar-refractivity contribution in [3.05, 3.63) is 71.3 Å². The lowest BCUT2D eigenvalue weighted by Crippen LogP contribution is -2.28. The van der Waals surface area contributed by atoms with Crippen LogP contribution >= 0.6 is 0 Å². The molecule has 128 valence electrons. The summed E-state index contributed by atoms with van der Waals surface area (Å²) < 4.78 is 0. The molecule has 1 N–H and O–H groups in total. The van der Waals surface area contributed by atoms with E-state index in [-0.39, 0.29) is 11.8 Å². The lowest BCUT2D eigenvalue weighted by Gasteiger charge is -2.17. The minimum atomic E-state index is -0.248. The fourth-order valence-electron chi connectivity index (χ4n) is 2.89. The van der Waals surface area contributed by atoms with Crippen molar-refractivity contribution >= 4 is 23.6 Å². The van der Waals surface area contributed by atoms with E-state index in [1.165, 1.54) is 11.6 Å². The van der Waals surface area contributed by atoms with Crippen LogP contribution in [0.5, 0.6) is 0 Å². The fourth-order valence-corrected chi connectivity index (χ4v) is 2.89.